The third-order valence-electron chi connectivity index (χ3n) is 4.29. The van der Waals surface area contributed by atoms with Crippen LogP contribution in [-0.4, -0.2) is 29.1 Å². The van der Waals surface area contributed by atoms with Gasteiger partial charge in [0.05, 0.1) is 11.7 Å². The highest BCUT2D eigenvalue weighted by Gasteiger charge is 2.52. The number of carbonyl (C=O) groups is 1. The highest BCUT2D eigenvalue weighted by Crippen LogP contribution is 2.38. The number of hydrogen-bond donors (Lipinski definition) is 1. The SMILES string of the molecule is CC(C)CC1NC2(CCCC2)C(=O)N1CC(C)(C)C. The molecule has 1 aliphatic carbocycles. The van der Waals surface area contributed by atoms with Gasteiger partial charge in [-0.25, -0.2) is 0 Å². The minimum Gasteiger partial charge on any atom is -0.325 e. The lowest BCUT2D eigenvalue weighted by molar-refractivity contribution is -0.134. The maximum absolute atomic E-state index is 12.9. The molecule has 0 bridgehead atoms. The molecule has 2 fully saturated rings. The fourth-order valence-corrected chi connectivity index (χ4v) is 3.54. The van der Waals surface area contributed by atoms with Gasteiger partial charge in [0.2, 0.25) is 5.91 Å². The lowest BCUT2D eigenvalue weighted by Gasteiger charge is -2.31. The number of hydrogen-bond acceptors (Lipinski definition) is 2. The van der Waals surface area contributed by atoms with Crippen molar-refractivity contribution < 1.29 is 4.79 Å². The first kappa shape index (κ1) is 14.8. The molecule has 0 radical (unpaired) electrons. The molecular formula is C16H30N2O. The maximum atomic E-state index is 12.9. The van der Waals surface area contributed by atoms with Gasteiger partial charge in [0.15, 0.2) is 0 Å². The predicted octanol–water partition coefficient (Wildman–Crippen LogP) is 3.15. The van der Waals surface area contributed by atoms with E-state index in [0.717, 1.165) is 25.8 Å². The summed E-state index contributed by atoms with van der Waals surface area (Å²) < 4.78 is 0. The van der Waals surface area contributed by atoms with Crippen LogP contribution in [0.15, 0.2) is 0 Å². The molecule has 2 aliphatic rings. The Morgan fingerprint density at radius 2 is 1.89 bits per heavy atom. The molecule has 1 heterocycles. The van der Waals surface area contributed by atoms with Gasteiger partial charge in [-0.15, -0.1) is 0 Å². The van der Waals surface area contributed by atoms with E-state index in [1.54, 1.807) is 0 Å². The van der Waals surface area contributed by atoms with Gasteiger partial charge >= 0.3 is 0 Å². The molecule has 1 amide bonds. The second-order valence-electron chi connectivity index (χ2n) is 8.07. The molecule has 1 atom stereocenters. The molecule has 0 aromatic carbocycles. The zero-order valence-corrected chi connectivity index (χ0v) is 13.3. The summed E-state index contributed by atoms with van der Waals surface area (Å²) in [7, 11) is 0. The van der Waals surface area contributed by atoms with Crippen LogP contribution >= 0.6 is 0 Å². The summed E-state index contributed by atoms with van der Waals surface area (Å²) in [5.74, 6) is 0.981. The van der Waals surface area contributed by atoms with Gasteiger partial charge in [0, 0.05) is 6.54 Å². The molecule has 1 saturated carbocycles. The van der Waals surface area contributed by atoms with Crippen molar-refractivity contribution in [2.75, 3.05) is 6.54 Å². The van der Waals surface area contributed by atoms with Crippen LogP contribution in [-0.2, 0) is 4.79 Å². The van der Waals surface area contributed by atoms with Crippen molar-refractivity contribution in [3.63, 3.8) is 0 Å². The lowest BCUT2D eigenvalue weighted by Crippen LogP contribution is -2.45. The summed E-state index contributed by atoms with van der Waals surface area (Å²) in [6.07, 6.45) is 5.74. The van der Waals surface area contributed by atoms with E-state index < -0.39 is 0 Å². The summed E-state index contributed by atoms with van der Waals surface area (Å²) in [6, 6.07) is 0. The standard InChI is InChI=1S/C16H30N2O/c1-12(2)10-13-17-16(8-6-7-9-16)14(19)18(13)11-15(3,4)5/h12-13,17H,6-11H2,1-5H3. The molecular weight excluding hydrogens is 236 g/mol. The van der Waals surface area contributed by atoms with Crippen LogP contribution in [0.5, 0.6) is 0 Å². The van der Waals surface area contributed by atoms with Gasteiger partial charge in [-0.2, -0.15) is 0 Å². The minimum atomic E-state index is -0.217. The molecule has 1 N–H and O–H groups in total. The maximum Gasteiger partial charge on any atom is 0.244 e. The van der Waals surface area contributed by atoms with E-state index in [1.165, 1.54) is 12.8 Å². The van der Waals surface area contributed by atoms with Crippen molar-refractivity contribution in [1.29, 1.82) is 0 Å². The van der Waals surface area contributed by atoms with Gasteiger partial charge in [0.25, 0.3) is 0 Å². The van der Waals surface area contributed by atoms with Crippen molar-refractivity contribution in [2.24, 2.45) is 11.3 Å². The Bertz CT molecular complexity index is 337. The van der Waals surface area contributed by atoms with Gasteiger partial charge in [-0.3, -0.25) is 10.1 Å². The smallest absolute Gasteiger partial charge is 0.244 e. The monoisotopic (exact) mass is 266 g/mol. The predicted molar refractivity (Wildman–Crippen MR) is 78.7 cm³/mol. The fourth-order valence-electron chi connectivity index (χ4n) is 3.54. The Labute approximate surface area is 118 Å². The van der Waals surface area contributed by atoms with Crippen molar-refractivity contribution in [2.45, 2.75) is 78.4 Å². The average Bonchev–Trinajstić information content (AvgIpc) is 2.79. The van der Waals surface area contributed by atoms with Crippen LogP contribution in [0, 0.1) is 11.3 Å². The second kappa shape index (κ2) is 5.08. The zero-order chi connectivity index (χ0) is 14.3. The number of carbonyl (C=O) groups excluding carboxylic acids is 1. The highest BCUT2D eigenvalue weighted by atomic mass is 16.2. The van der Waals surface area contributed by atoms with Gasteiger partial charge in [-0.05, 0) is 30.6 Å². The van der Waals surface area contributed by atoms with E-state index in [0.29, 0.717) is 11.8 Å². The fraction of sp³-hybridized carbons (Fsp3) is 0.938. The largest absolute Gasteiger partial charge is 0.325 e. The van der Waals surface area contributed by atoms with Crippen LogP contribution in [0.3, 0.4) is 0 Å². The van der Waals surface area contributed by atoms with E-state index in [9.17, 15) is 4.79 Å². The van der Waals surface area contributed by atoms with Gasteiger partial charge in [-0.1, -0.05) is 47.5 Å². The summed E-state index contributed by atoms with van der Waals surface area (Å²) >= 11 is 0. The first-order valence-corrected chi connectivity index (χ1v) is 7.82. The second-order valence-corrected chi connectivity index (χ2v) is 8.07. The van der Waals surface area contributed by atoms with Crippen molar-refractivity contribution in [3.05, 3.63) is 0 Å². The first-order valence-electron chi connectivity index (χ1n) is 7.82. The van der Waals surface area contributed by atoms with E-state index in [1.807, 2.05) is 0 Å². The number of rotatable bonds is 3. The zero-order valence-electron chi connectivity index (χ0n) is 13.3. The number of amides is 1. The van der Waals surface area contributed by atoms with Crippen LogP contribution in [0.25, 0.3) is 0 Å². The van der Waals surface area contributed by atoms with Crippen LogP contribution < -0.4 is 5.32 Å². The summed E-state index contributed by atoms with van der Waals surface area (Å²) in [5, 5.41) is 3.70. The van der Waals surface area contributed by atoms with E-state index in [-0.39, 0.29) is 17.1 Å². The molecule has 1 aliphatic heterocycles. The van der Waals surface area contributed by atoms with Crippen LogP contribution in [0.4, 0.5) is 0 Å². The molecule has 19 heavy (non-hydrogen) atoms. The first-order chi connectivity index (χ1) is 8.73. The Hall–Kier alpha value is -0.570. The lowest BCUT2D eigenvalue weighted by atomic mass is 9.94. The third-order valence-corrected chi connectivity index (χ3v) is 4.29. The molecule has 3 nitrogen and oxygen atoms in total. The molecule has 1 spiro atoms. The average molecular weight is 266 g/mol. The summed E-state index contributed by atoms with van der Waals surface area (Å²) in [4.78, 5) is 15.0. The molecule has 3 heteroatoms. The Kier molecular flexibility index (Phi) is 3.97. The van der Waals surface area contributed by atoms with Crippen molar-refractivity contribution >= 4 is 5.91 Å². The van der Waals surface area contributed by atoms with E-state index in [2.05, 4.69) is 44.8 Å². The summed E-state index contributed by atoms with van der Waals surface area (Å²) in [6.45, 7) is 12.0. The number of nitrogens with one attached hydrogen (secondary N) is 1. The van der Waals surface area contributed by atoms with E-state index in [4.69, 9.17) is 0 Å². The van der Waals surface area contributed by atoms with Gasteiger partial charge < -0.3 is 4.90 Å². The van der Waals surface area contributed by atoms with Crippen LogP contribution in [0.1, 0.15) is 66.7 Å². The minimum absolute atomic E-state index is 0.163. The van der Waals surface area contributed by atoms with E-state index >= 15 is 0 Å². The van der Waals surface area contributed by atoms with Crippen molar-refractivity contribution in [1.82, 2.24) is 10.2 Å². The molecule has 0 aromatic rings. The molecule has 1 unspecified atom stereocenters. The number of nitrogens with zero attached hydrogens (tertiary/aromatic N) is 1. The molecule has 1 saturated heterocycles. The highest BCUT2D eigenvalue weighted by molar-refractivity contribution is 5.89. The van der Waals surface area contributed by atoms with Crippen molar-refractivity contribution in [3.8, 4) is 0 Å². The summed E-state index contributed by atoms with van der Waals surface area (Å²) in [5.41, 5.74) is -0.0541. The third kappa shape index (κ3) is 3.13. The molecule has 110 valence electrons. The Balaban J connectivity index is 2.18. The Morgan fingerprint density at radius 3 is 2.37 bits per heavy atom. The normalized spacial score (nSPS) is 26.9. The van der Waals surface area contributed by atoms with Crippen LogP contribution in [0.2, 0.25) is 0 Å². The molecule has 2 rings (SSSR count). The van der Waals surface area contributed by atoms with Gasteiger partial charge in [0.1, 0.15) is 0 Å². The Morgan fingerprint density at radius 1 is 1.32 bits per heavy atom. The quantitative estimate of drug-likeness (QED) is 0.851. The molecule has 0 aromatic heterocycles. The topological polar surface area (TPSA) is 32.3 Å².